The molecular formula is C8H10N2O. The fraction of sp³-hybridized carbons (Fsp3) is 0.375. The van der Waals surface area contributed by atoms with Gasteiger partial charge in [0.1, 0.15) is 0 Å². The molecule has 0 unspecified atom stereocenters. The Labute approximate surface area is 65.3 Å². The first-order valence-electron chi connectivity index (χ1n) is 3.48. The first kappa shape index (κ1) is 7.67. The van der Waals surface area contributed by atoms with Crippen LogP contribution in [0.5, 0.6) is 0 Å². The summed E-state index contributed by atoms with van der Waals surface area (Å²) in [6.45, 7) is 2.96. The predicted molar refractivity (Wildman–Crippen MR) is 43.2 cm³/mol. The van der Waals surface area contributed by atoms with E-state index in [0.29, 0.717) is 13.1 Å². The zero-order valence-corrected chi connectivity index (χ0v) is 6.45. The second-order valence-electron chi connectivity index (χ2n) is 2.20. The summed E-state index contributed by atoms with van der Waals surface area (Å²) < 4.78 is 3.11. The fourth-order valence-corrected chi connectivity index (χ4v) is 0.913. The van der Waals surface area contributed by atoms with Crippen molar-refractivity contribution in [3.8, 4) is 12.3 Å². The Bertz CT molecular complexity index is 327. The molecule has 1 aromatic rings. The van der Waals surface area contributed by atoms with Crippen LogP contribution in [0.2, 0.25) is 0 Å². The van der Waals surface area contributed by atoms with E-state index in [4.69, 9.17) is 6.42 Å². The fourth-order valence-electron chi connectivity index (χ4n) is 0.913. The molecule has 0 aromatic carbocycles. The van der Waals surface area contributed by atoms with E-state index in [1.165, 1.54) is 4.57 Å². The summed E-state index contributed by atoms with van der Waals surface area (Å²) >= 11 is 0. The van der Waals surface area contributed by atoms with Crippen LogP contribution in [-0.2, 0) is 13.1 Å². The number of hydrogen-bond donors (Lipinski definition) is 0. The standard InChI is InChI=1S/C8H10N2O/c1-3-5-10-7-6-9(4-2)8(10)11/h1,6-7H,4-5H2,2H3. The van der Waals surface area contributed by atoms with Crippen molar-refractivity contribution < 1.29 is 0 Å². The quantitative estimate of drug-likeness (QED) is 0.557. The van der Waals surface area contributed by atoms with E-state index in [9.17, 15) is 4.79 Å². The number of imidazole rings is 1. The lowest BCUT2D eigenvalue weighted by molar-refractivity contribution is 0.679. The normalized spacial score (nSPS) is 9.45. The Hall–Kier alpha value is -1.43. The van der Waals surface area contributed by atoms with E-state index in [2.05, 4.69) is 5.92 Å². The van der Waals surface area contributed by atoms with Gasteiger partial charge in [-0.1, -0.05) is 5.92 Å². The van der Waals surface area contributed by atoms with Gasteiger partial charge in [-0.05, 0) is 6.92 Å². The molecule has 0 N–H and O–H groups in total. The van der Waals surface area contributed by atoms with Crippen LogP contribution in [0.25, 0.3) is 0 Å². The van der Waals surface area contributed by atoms with Crippen LogP contribution in [-0.4, -0.2) is 9.13 Å². The molecule has 3 nitrogen and oxygen atoms in total. The first-order valence-corrected chi connectivity index (χ1v) is 3.48. The van der Waals surface area contributed by atoms with Gasteiger partial charge in [-0.15, -0.1) is 6.42 Å². The number of aromatic nitrogens is 2. The highest BCUT2D eigenvalue weighted by Crippen LogP contribution is 1.83. The highest BCUT2D eigenvalue weighted by molar-refractivity contribution is 4.90. The Morgan fingerprint density at radius 1 is 1.55 bits per heavy atom. The lowest BCUT2D eigenvalue weighted by Gasteiger charge is -1.92. The molecule has 0 saturated carbocycles. The molecule has 0 fully saturated rings. The largest absolute Gasteiger partial charge is 0.328 e. The molecule has 58 valence electrons. The highest BCUT2D eigenvalue weighted by atomic mass is 16.1. The average molecular weight is 150 g/mol. The smallest absolute Gasteiger partial charge is 0.299 e. The first-order chi connectivity index (χ1) is 5.29. The minimum Gasteiger partial charge on any atom is -0.299 e. The molecule has 1 heterocycles. The number of aryl methyl sites for hydroxylation is 1. The van der Waals surface area contributed by atoms with E-state index < -0.39 is 0 Å². The predicted octanol–water partition coefficient (Wildman–Crippen LogP) is 0.303. The van der Waals surface area contributed by atoms with Gasteiger partial charge in [0.25, 0.3) is 0 Å². The number of hydrogen-bond acceptors (Lipinski definition) is 1. The average Bonchev–Trinajstić information content (AvgIpc) is 2.34. The second-order valence-corrected chi connectivity index (χ2v) is 2.20. The van der Waals surface area contributed by atoms with Gasteiger partial charge in [0, 0.05) is 18.9 Å². The van der Waals surface area contributed by atoms with Gasteiger partial charge >= 0.3 is 5.69 Å². The topological polar surface area (TPSA) is 26.9 Å². The molecule has 3 heteroatoms. The second kappa shape index (κ2) is 3.11. The van der Waals surface area contributed by atoms with E-state index in [-0.39, 0.29) is 5.69 Å². The van der Waals surface area contributed by atoms with Gasteiger partial charge in [0.15, 0.2) is 0 Å². The van der Waals surface area contributed by atoms with Crippen LogP contribution in [0, 0.1) is 12.3 Å². The summed E-state index contributed by atoms with van der Waals surface area (Å²) in [6, 6.07) is 0. The Morgan fingerprint density at radius 3 is 2.64 bits per heavy atom. The van der Waals surface area contributed by atoms with Crippen molar-refractivity contribution in [3.63, 3.8) is 0 Å². The molecule has 0 spiro atoms. The third kappa shape index (κ3) is 1.35. The molecule has 0 atom stereocenters. The molecule has 0 aliphatic heterocycles. The number of terminal acetylenes is 1. The van der Waals surface area contributed by atoms with Crippen LogP contribution >= 0.6 is 0 Å². The van der Waals surface area contributed by atoms with E-state index in [1.54, 1.807) is 17.0 Å². The minimum absolute atomic E-state index is 0.0366. The van der Waals surface area contributed by atoms with Crippen LogP contribution in [0.3, 0.4) is 0 Å². The van der Waals surface area contributed by atoms with Crippen LogP contribution in [0.4, 0.5) is 0 Å². The summed E-state index contributed by atoms with van der Waals surface area (Å²) in [4.78, 5) is 11.2. The van der Waals surface area contributed by atoms with Crippen molar-refractivity contribution in [1.82, 2.24) is 9.13 Å². The van der Waals surface area contributed by atoms with Crippen molar-refractivity contribution in [2.24, 2.45) is 0 Å². The van der Waals surface area contributed by atoms with Crippen LogP contribution in [0.1, 0.15) is 6.92 Å². The van der Waals surface area contributed by atoms with Crippen molar-refractivity contribution in [2.75, 3.05) is 0 Å². The molecule has 1 rings (SSSR count). The zero-order valence-electron chi connectivity index (χ0n) is 6.45. The number of nitrogens with zero attached hydrogens (tertiary/aromatic N) is 2. The van der Waals surface area contributed by atoms with Crippen LogP contribution < -0.4 is 5.69 Å². The van der Waals surface area contributed by atoms with Crippen molar-refractivity contribution >= 4 is 0 Å². The maximum Gasteiger partial charge on any atom is 0.328 e. The Morgan fingerprint density at radius 2 is 2.18 bits per heavy atom. The minimum atomic E-state index is -0.0366. The lowest BCUT2D eigenvalue weighted by atomic mass is 10.6. The van der Waals surface area contributed by atoms with Crippen molar-refractivity contribution in [2.45, 2.75) is 20.0 Å². The third-order valence-corrected chi connectivity index (χ3v) is 1.52. The maximum absolute atomic E-state index is 11.2. The van der Waals surface area contributed by atoms with E-state index in [1.807, 2.05) is 6.92 Å². The zero-order chi connectivity index (χ0) is 8.27. The molecular weight excluding hydrogens is 140 g/mol. The van der Waals surface area contributed by atoms with Crippen molar-refractivity contribution in [1.29, 1.82) is 0 Å². The highest BCUT2D eigenvalue weighted by Gasteiger charge is 1.97. The molecule has 0 amide bonds. The lowest BCUT2D eigenvalue weighted by Crippen LogP contribution is -2.22. The van der Waals surface area contributed by atoms with Gasteiger partial charge in [-0.25, -0.2) is 4.79 Å². The SMILES string of the molecule is C#CCn1ccn(CC)c1=O. The van der Waals surface area contributed by atoms with Gasteiger partial charge < -0.3 is 0 Å². The Balaban J connectivity index is 3.03. The molecule has 0 radical (unpaired) electrons. The molecule has 0 saturated heterocycles. The third-order valence-electron chi connectivity index (χ3n) is 1.52. The summed E-state index contributed by atoms with van der Waals surface area (Å²) in [6.07, 6.45) is 8.50. The molecule has 0 aliphatic carbocycles. The van der Waals surface area contributed by atoms with Gasteiger partial charge in [0.2, 0.25) is 0 Å². The van der Waals surface area contributed by atoms with E-state index in [0.717, 1.165) is 0 Å². The van der Waals surface area contributed by atoms with Gasteiger partial charge in [0.05, 0.1) is 6.54 Å². The maximum atomic E-state index is 11.2. The molecule has 1 aromatic heterocycles. The summed E-state index contributed by atoms with van der Waals surface area (Å²) in [5.74, 6) is 2.41. The van der Waals surface area contributed by atoms with Crippen molar-refractivity contribution in [3.05, 3.63) is 22.9 Å². The molecule has 0 bridgehead atoms. The summed E-state index contributed by atoms with van der Waals surface area (Å²) in [5, 5.41) is 0. The molecule has 0 aliphatic rings. The van der Waals surface area contributed by atoms with E-state index >= 15 is 0 Å². The Kier molecular flexibility index (Phi) is 2.17. The summed E-state index contributed by atoms with van der Waals surface area (Å²) in [5.41, 5.74) is -0.0366. The van der Waals surface area contributed by atoms with Gasteiger partial charge in [-0.2, -0.15) is 0 Å². The van der Waals surface area contributed by atoms with Gasteiger partial charge in [-0.3, -0.25) is 9.13 Å². The van der Waals surface area contributed by atoms with Crippen LogP contribution in [0.15, 0.2) is 17.2 Å². The monoisotopic (exact) mass is 150 g/mol. The molecule has 11 heavy (non-hydrogen) atoms. The summed E-state index contributed by atoms with van der Waals surface area (Å²) in [7, 11) is 0. The number of rotatable bonds is 2.